The van der Waals surface area contributed by atoms with Gasteiger partial charge in [0.1, 0.15) is 0 Å². The average molecular weight is 470 g/mol. The van der Waals surface area contributed by atoms with Crippen LogP contribution in [0.15, 0.2) is 18.2 Å². The van der Waals surface area contributed by atoms with Gasteiger partial charge in [-0.05, 0) is 38.1 Å². The van der Waals surface area contributed by atoms with Crippen molar-refractivity contribution in [3.63, 3.8) is 0 Å². The molecular weight excluding hydrogens is 422 g/mol. The molecule has 0 amide bonds. The second-order valence-electron chi connectivity index (χ2n) is 8.08. The van der Waals surface area contributed by atoms with Gasteiger partial charge < -0.3 is 24.8 Å². The highest BCUT2D eigenvalue weighted by atomic mass is 16.5. The lowest BCUT2D eigenvalue weighted by Gasteiger charge is -2.19. The molecule has 0 atom stereocenters. The second-order valence-corrected chi connectivity index (χ2v) is 8.08. The lowest BCUT2D eigenvalue weighted by molar-refractivity contribution is 0.0526. The summed E-state index contributed by atoms with van der Waals surface area (Å²) < 4.78 is 9.65. The van der Waals surface area contributed by atoms with Gasteiger partial charge in [-0.3, -0.25) is 4.90 Å². The summed E-state index contributed by atoms with van der Waals surface area (Å²) in [5, 5.41) is 27.1. The van der Waals surface area contributed by atoms with E-state index in [0.717, 1.165) is 6.54 Å². The summed E-state index contributed by atoms with van der Waals surface area (Å²) >= 11 is 0. The van der Waals surface area contributed by atoms with Gasteiger partial charge >= 0.3 is 5.97 Å². The number of nitrogens with zero attached hydrogens (tertiary/aromatic N) is 1. The molecular formula is C26H47NO6. The van der Waals surface area contributed by atoms with Gasteiger partial charge in [0.05, 0.1) is 32.5 Å². The maximum atomic E-state index is 11.3. The summed E-state index contributed by atoms with van der Waals surface area (Å²) in [6, 6.07) is 4.31. The SMILES string of the molecule is CCCCCCCCCCCCN(CCO)CCO.CCOC(=O)c1ccc(O)c(OC)c1. The Morgan fingerprint density at radius 2 is 1.39 bits per heavy atom. The van der Waals surface area contributed by atoms with Crippen molar-refractivity contribution < 1.29 is 29.6 Å². The molecule has 1 rings (SSSR count). The molecule has 0 saturated heterocycles. The van der Waals surface area contributed by atoms with Crippen LogP contribution in [-0.2, 0) is 4.74 Å². The largest absolute Gasteiger partial charge is 0.504 e. The van der Waals surface area contributed by atoms with E-state index >= 15 is 0 Å². The fourth-order valence-electron chi connectivity index (χ4n) is 3.46. The molecule has 7 nitrogen and oxygen atoms in total. The number of methoxy groups -OCH3 is 1. The minimum Gasteiger partial charge on any atom is -0.504 e. The molecule has 0 heterocycles. The molecule has 1 aromatic rings. The highest BCUT2D eigenvalue weighted by molar-refractivity contribution is 5.90. The Morgan fingerprint density at radius 1 is 0.848 bits per heavy atom. The highest BCUT2D eigenvalue weighted by Crippen LogP contribution is 2.26. The van der Waals surface area contributed by atoms with Crippen molar-refractivity contribution >= 4 is 5.97 Å². The highest BCUT2D eigenvalue weighted by Gasteiger charge is 2.09. The number of phenols is 1. The summed E-state index contributed by atoms with van der Waals surface area (Å²) in [4.78, 5) is 13.4. The van der Waals surface area contributed by atoms with Crippen LogP contribution in [0.5, 0.6) is 11.5 Å². The number of carbonyl (C=O) groups is 1. The number of carbonyl (C=O) groups excluding carboxylic acids is 1. The van der Waals surface area contributed by atoms with Crippen molar-refractivity contribution in [1.82, 2.24) is 4.90 Å². The van der Waals surface area contributed by atoms with Crippen molar-refractivity contribution in [2.24, 2.45) is 0 Å². The van der Waals surface area contributed by atoms with Crippen LogP contribution in [0, 0.1) is 0 Å². The number of ether oxygens (including phenoxy) is 2. The van der Waals surface area contributed by atoms with Crippen molar-refractivity contribution in [2.75, 3.05) is 46.6 Å². The minimum absolute atomic E-state index is 0.000508. The van der Waals surface area contributed by atoms with Crippen LogP contribution in [0.2, 0.25) is 0 Å². The number of aliphatic hydroxyl groups is 2. The van der Waals surface area contributed by atoms with E-state index in [-0.39, 0.29) is 24.7 Å². The zero-order chi connectivity index (χ0) is 24.7. The topological polar surface area (TPSA) is 99.5 Å². The quantitative estimate of drug-likeness (QED) is 0.210. The Balaban J connectivity index is 0.000000647. The summed E-state index contributed by atoms with van der Waals surface area (Å²) in [6.07, 6.45) is 13.5. The summed E-state index contributed by atoms with van der Waals surface area (Å²) in [5.41, 5.74) is 0.363. The predicted molar refractivity (Wildman–Crippen MR) is 133 cm³/mol. The first kappa shape index (κ1) is 31.2. The van der Waals surface area contributed by atoms with Crippen LogP contribution in [0.4, 0.5) is 0 Å². The number of rotatable bonds is 18. The molecule has 0 aliphatic carbocycles. The monoisotopic (exact) mass is 469 g/mol. The number of aromatic hydroxyl groups is 1. The van der Waals surface area contributed by atoms with Crippen LogP contribution in [-0.4, -0.2) is 72.8 Å². The Kier molecular flexibility index (Phi) is 20.8. The molecule has 0 radical (unpaired) electrons. The lowest BCUT2D eigenvalue weighted by atomic mass is 10.1. The Hall–Kier alpha value is -1.83. The molecule has 7 heteroatoms. The van der Waals surface area contributed by atoms with Gasteiger partial charge in [0, 0.05) is 13.1 Å². The molecule has 0 aliphatic rings. The number of benzene rings is 1. The normalized spacial score (nSPS) is 10.6. The van der Waals surface area contributed by atoms with E-state index in [9.17, 15) is 9.90 Å². The van der Waals surface area contributed by atoms with E-state index in [2.05, 4.69) is 11.8 Å². The third-order valence-electron chi connectivity index (χ3n) is 5.35. The van der Waals surface area contributed by atoms with E-state index in [1.165, 1.54) is 89.5 Å². The van der Waals surface area contributed by atoms with Gasteiger partial charge in [0.25, 0.3) is 0 Å². The second kappa shape index (κ2) is 22.0. The predicted octanol–water partition coefficient (Wildman–Crippen LogP) is 4.77. The standard InChI is InChI=1S/C16H35NO2.C10H12O4/c1-2-3-4-5-6-7-8-9-10-11-12-17(13-15-18)14-16-19;1-3-14-10(12)7-4-5-8(11)9(6-7)13-2/h18-19H,2-16H2,1H3;4-6,11H,3H2,1-2H3. The molecule has 0 aromatic heterocycles. The third kappa shape index (κ3) is 16.4. The van der Waals surface area contributed by atoms with Crippen LogP contribution in [0.25, 0.3) is 0 Å². The number of hydrogen-bond donors (Lipinski definition) is 3. The molecule has 0 spiro atoms. The molecule has 1 aromatic carbocycles. The van der Waals surface area contributed by atoms with Gasteiger partial charge in [0.15, 0.2) is 11.5 Å². The van der Waals surface area contributed by atoms with Crippen LogP contribution in [0.3, 0.4) is 0 Å². The number of phenolic OH excluding ortho intramolecular Hbond substituents is 1. The molecule has 0 bridgehead atoms. The number of esters is 1. The van der Waals surface area contributed by atoms with Crippen molar-refractivity contribution in [3.05, 3.63) is 23.8 Å². The minimum atomic E-state index is -0.425. The summed E-state index contributed by atoms with van der Waals surface area (Å²) in [6.45, 7) is 7.09. The van der Waals surface area contributed by atoms with Crippen LogP contribution < -0.4 is 4.74 Å². The summed E-state index contributed by atoms with van der Waals surface area (Å²) in [5.74, 6) is -0.165. The Labute approximate surface area is 200 Å². The van der Waals surface area contributed by atoms with Gasteiger partial charge in [-0.2, -0.15) is 0 Å². The van der Waals surface area contributed by atoms with Crippen molar-refractivity contribution in [2.45, 2.75) is 78.1 Å². The molecule has 0 fully saturated rings. The van der Waals surface area contributed by atoms with Gasteiger partial charge in [-0.25, -0.2) is 4.79 Å². The fourth-order valence-corrected chi connectivity index (χ4v) is 3.46. The first-order valence-electron chi connectivity index (χ1n) is 12.5. The molecule has 0 aliphatic heterocycles. The van der Waals surface area contributed by atoms with Crippen molar-refractivity contribution in [1.29, 1.82) is 0 Å². The Bertz CT molecular complexity index is 590. The molecule has 192 valence electrons. The number of hydrogen-bond acceptors (Lipinski definition) is 7. The fraction of sp³-hybridized carbons (Fsp3) is 0.731. The maximum Gasteiger partial charge on any atom is 0.338 e. The van der Waals surface area contributed by atoms with E-state index in [0.29, 0.717) is 25.3 Å². The van der Waals surface area contributed by atoms with Crippen LogP contribution in [0.1, 0.15) is 88.4 Å². The first-order chi connectivity index (χ1) is 16.0. The average Bonchev–Trinajstić information content (AvgIpc) is 2.81. The maximum absolute atomic E-state index is 11.3. The van der Waals surface area contributed by atoms with E-state index in [1.807, 2.05) is 0 Å². The van der Waals surface area contributed by atoms with Crippen molar-refractivity contribution in [3.8, 4) is 11.5 Å². The van der Waals surface area contributed by atoms with Gasteiger partial charge in [-0.1, -0.05) is 64.7 Å². The van der Waals surface area contributed by atoms with Crippen LogP contribution >= 0.6 is 0 Å². The zero-order valence-corrected chi connectivity index (χ0v) is 21.1. The number of aliphatic hydroxyl groups excluding tert-OH is 2. The third-order valence-corrected chi connectivity index (χ3v) is 5.35. The first-order valence-corrected chi connectivity index (χ1v) is 12.5. The summed E-state index contributed by atoms with van der Waals surface area (Å²) in [7, 11) is 1.42. The molecule has 0 saturated carbocycles. The van der Waals surface area contributed by atoms with E-state index in [1.54, 1.807) is 6.92 Å². The molecule has 33 heavy (non-hydrogen) atoms. The Morgan fingerprint density at radius 3 is 1.88 bits per heavy atom. The lowest BCUT2D eigenvalue weighted by Crippen LogP contribution is -2.30. The zero-order valence-electron chi connectivity index (χ0n) is 21.1. The van der Waals surface area contributed by atoms with Gasteiger partial charge in [-0.15, -0.1) is 0 Å². The van der Waals surface area contributed by atoms with Gasteiger partial charge in [0.2, 0.25) is 0 Å². The van der Waals surface area contributed by atoms with E-state index in [4.69, 9.17) is 19.7 Å². The molecule has 0 unspecified atom stereocenters. The van der Waals surface area contributed by atoms with E-state index < -0.39 is 5.97 Å². The number of unbranched alkanes of at least 4 members (excludes halogenated alkanes) is 9. The smallest absolute Gasteiger partial charge is 0.338 e. The molecule has 3 N–H and O–H groups in total.